The van der Waals surface area contributed by atoms with Gasteiger partial charge in [0.25, 0.3) is 0 Å². The summed E-state index contributed by atoms with van der Waals surface area (Å²) in [7, 11) is 0. The van der Waals surface area contributed by atoms with Crippen molar-refractivity contribution in [3.05, 3.63) is 22.9 Å². The Kier molecular flexibility index (Phi) is 3.96. The number of hydrogen-bond acceptors (Lipinski definition) is 4. The van der Waals surface area contributed by atoms with Crippen LogP contribution in [0.1, 0.15) is 12.8 Å². The fraction of sp³-hybridized carbons (Fsp3) is 0.455. The van der Waals surface area contributed by atoms with E-state index in [1.54, 1.807) is 17.0 Å². The minimum atomic E-state index is -0.388. The molecule has 1 aromatic heterocycles. The minimum Gasteiger partial charge on any atom is -0.409 e. The summed E-state index contributed by atoms with van der Waals surface area (Å²) in [5.41, 5.74) is 0. The van der Waals surface area contributed by atoms with Crippen LogP contribution >= 0.6 is 15.9 Å². The molecule has 0 unspecified atom stereocenters. The van der Waals surface area contributed by atoms with Gasteiger partial charge >= 0.3 is 6.09 Å². The molecule has 0 bridgehead atoms. The summed E-state index contributed by atoms with van der Waals surface area (Å²) in [6.45, 7) is 1.06. The molecule has 2 heterocycles. The van der Waals surface area contributed by atoms with Gasteiger partial charge in [0.2, 0.25) is 0 Å². The number of pyridine rings is 1. The predicted molar refractivity (Wildman–Crippen MR) is 64.8 cm³/mol. The molecule has 1 aromatic rings. The predicted octanol–water partition coefficient (Wildman–Crippen LogP) is 1.80. The summed E-state index contributed by atoms with van der Waals surface area (Å²) in [4.78, 5) is 17.3. The number of carbonyl (C=O) groups is 1. The van der Waals surface area contributed by atoms with Crippen LogP contribution in [0.15, 0.2) is 22.9 Å². The minimum absolute atomic E-state index is 0.298. The molecule has 0 atom stereocenters. The standard InChI is InChI=1S/C11H13BrN2O3/c12-10-2-1-9(7-13-10)17-11(16)14-5-3-8(15)4-6-14/h1-2,7-8,15H,3-6H2. The molecule has 2 rings (SSSR count). The third kappa shape index (κ3) is 3.41. The quantitative estimate of drug-likeness (QED) is 0.803. The van der Waals surface area contributed by atoms with Gasteiger partial charge in [-0.1, -0.05) is 0 Å². The highest BCUT2D eigenvalue weighted by atomic mass is 79.9. The number of aromatic nitrogens is 1. The maximum atomic E-state index is 11.7. The van der Waals surface area contributed by atoms with Crippen molar-refractivity contribution in [3.63, 3.8) is 0 Å². The Balaban J connectivity index is 1.90. The number of halogens is 1. The van der Waals surface area contributed by atoms with Crippen molar-refractivity contribution in [3.8, 4) is 5.75 Å². The van der Waals surface area contributed by atoms with Crippen molar-refractivity contribution in [2.45, 2.75) is 18.9 Å². The van der Waals surface area contributed by atoms with Gasteiger partial charge in [-0.3, -0.25) is 0 Å². The van der Waals surface area contributed by atoms with Gasteiger partial charge < -0.3 is 14.7 Å². The maximum absolute atomic E-state index is 11.7. The second-order valence-corrected chi connectivity index (χ2v) is 4.72. The smallest absolute Gasteiger partial charge is 0.409 e. The van der Waals surface area contributed by atoms with Crippen molar-refractivity contribution in [2.75, 3.05) is 13.1 Å². The van der Waals surface area contributed by atoms with Crippen LogP contribution in [0.4, 0.5) is 4.79 Å². The lowest BCUT2D eigenvalue weighted by molar-refractivity contribution is 0.0797. The molecular formula is C11H13BrN2O3. The zero-order valence-corrected chi connectivity index (χ0v) is 10.8. The van der Waals surface area contributed by atoms with E-state index in [0.717, 1.165) is 0 Å². The first-order valence-electron chi connectivity index (χ1n) is 5.41. The second-order valence-electron chi connectivity index (χ2n) is 3.90. The fourth-order valence-electron chi connectivity index (χ4n) is 1.64. The highest BCUT2D eigenvalue weighted by Crippen LogP contribution is 2.16. The lowest BCUT2D eigenvalue weighted by atomic mass is 10.1. The third-order valence-corrected chi connectivity index (χ3v) is 3.10. The van der Waals surface area contributed by atoms with E-state index in [2.05, 4.69) is 20.9 Å². The van der Waals surface area contributed by atoms with E-state index in [0.29, 0.717) is 36.3 Å². The Morgan fingerprint density at radius 1 is 1.47 bits per heavy atom. The molecule has 1 aliphatic rings. The Morgan fingerprint density at radius 2 is 2.18 bits per heavy atom. The summed E-state index contributed by atoms with van der Waals surface area (Å²) in [6, 6.07) is 3.39. The van der Waals surface area contributed by atoms with Crippen LogP contribution in [0, 0.1) is 0 Å². The van der Waals surface area contributed by atoms with Gasteiger partial charge in [-0.25, -0.2) is 9.78 Å². The zero-order valence-electron chi connectivity index (χ0n) is 9.17. The van der Waals surface area contributed by atoms with Gasteiger partial charge in [-0.15, -0.1) is 0 Å². The average Bonchev–Trinajstić information content (AvgIpc) is 2.33. The molecular weight excluding hydrogens is 288 g/mol. The van der Waals surface area contributed by atoms with E-state index in [4.69, 9.17) is 4.74 Å². The third-order valence-electron chi connectivity index (χ3n) is 2.63. The first-order valence-corrected chi connectivity index (χ1v) is 6.21. The molecule has 0 aromatic carbocycles. The van der Waals surface area contributed by atoms with Crippen molar-refractivity contribution in [1.29, 1.82) is 0 Å². The fourth-order valence-corrected chi connectivity index (χ4v) is 1.87. The maximum Gasteiger partial charge on any atom is 0.415 e. The summed E-state index contributed by atoms with van der Waals surface area (Å²) >= 11 is 3.21. The Morgan fingerprint density at radius 3 is 2.76 bits per heavy atom. The van der Waals surface area contributed by atoms with Crippen molar-refractivity contribution < 1.29 is 14.6 Å². The number of hydrogen-bond donors (Lipinski definition) is 1. The molecule has 1 amide bonds. The van der Waals surface area contributed by atoms with E-state index >= 15 is 0 Å². The molecule has 0 spiro atoms. The molecule has 0 aliphatic carbocycles. The summed E-state index contributed by atoms with van der Waals surface area (Å²) < 4.78 is 5.86. The molecule has 0 saturated carbocycles. The number of ether oxygens (including phenoxy) is 1. The average molecular weight is 301 g/mol. The molecule has 1 aliphatic heterocycles. The number of aliphatic hydroxyl groups is 1. The summed E-state index contributed by atoms with van der Waals surface area (Å²) in [5.74, 6) is 0.421. The highest BCUT2D eigenvalue weighted by Gasteiger charge is 2.22. The highest BCUT2D eigenvalue weighted by molar-refractivity contribution is 9.10. The van der Waals surface area contributed by atoms with Crippen LogP contribution in [0.3, 0.4) is 0 Å². The SMILES string of the molecule is O=C(Oc1ccc(Br)nc1)N1CCC(O)CC1. The van der Waals surface area contributed by atoms with E-state index in [1.807, 2.05) is 0 Å². The van der Waals surface area contributed by atoms with Gasteiger partial charge in [-0.2, -0.15) is 0 Å². The van der Waals surface area contributed by atoms with Crippen LogP contribution in [-0.2, 0) is 0 Å². The van der Waals surface area contributed by atoms with Crippen LogP contribution in [0.25, 0.3) is 0 Å². The van der Waals surface area contributed by atoms with E-state index in [9.17, 15) is 9.90 Å². The summed E-state index contributed by atoms with van der Waals surface area (Å²) in [6.07, 6.45) is 2.01. The second kappa shape index (κ2) is 5.46. The molecule has 1 fully saturated rings. The number of carbonyl (C=O) groups excluding carboxylic acids is 1. The zero-order chi connectivity index (χ0) is 12.3. The molecule has 5 nitrogen and oxygen atoms in total. The first-order chi connectivity index (χ1) is 8.15. The number of likely N-dealkylation sites (tertiary alicyclic amines) is 1. The molecule has 0 radical (unpaired) electrons. The van der Waals surface area contributed by atoms with Crippen LogP contribution in [0.5, 0.6) is 5.75 Å². The molecule has 6 heteroatoms. The van der Waals surface area contributed by atoms with Crippen LogP contribution < -0.4 is 4.74 Å². The Hall–Kier alpha value is -1.14. The number of piperidine rings is 1. The monoisotopic (exact) mass is 300 g/mol. The number of aliphatic hydroxyl groups excluding tert-OH is 1. The molecule has 17 heavy (non-hydrogen) atoms. The lowest BCUT2D eigenvalue weighted by Gasteiger charge is -2.28. The van der Waals surface area contributed by atoms with E-state index < -0.39 is 0 Å². The number of amides is 1. The number of nitrogens with zero attached hydrogens (tertiary/aromatic N) is 2. The normalized spacial score (nSPS) is 16.9. The largest absolute Gasteiger partial charge is 0.415 e. The molecule has 92 valence electrons. The van der Waals surface area contributed by atoms with Gasteiger partial charge in [-0.05, 0) is 40.9 Å². The van der Waals surface area contributed by atoms with Crippen molar-refractivity contribution in [2.24, 2.45) is 0 Å². The topological polar surface area (TPSA) is 62.7 Å². The number of rotatable bonds is 1. The van der Waals surface area contributed by atoms with Gasteiger partial charge in [0.15, 0.2) is 5.75 Å². The van der Waals surface area contributed by atoms with Crippen LogP contribution in [0.2, 0.25) is 0 Å². The Labute approximate surface area is 108 Å². The van der Waals surface area contributed by atoms with E-state index in [-0.39, 0.29) is 12.2 Å². The summed E-state index contributed by atoms with van der Waals surface area (Å²) in [5, 5.41) is 9.34. The van der Waals surface area contributed by atoms with Gasteiger partial charge in [0.1, 0.15) is 4.60 Å². The molecule has 1 N–H and O–H groups in total. The van der Waals surface area contributed by atoms with Crippen molar-refractivity contribution in [1.82, 2.24) is 9.88 Å². The lowest BCUT2D eigenvalue weighted by Crippen LogP contribution is -2.41. The van der Waals surface area contributed by atoms with Crippen LogP contribution in [-0.4, -0.2) is 40.3 Å². The molecule has 1 saturated heterocycles. The van der Waals surface area contributed by atoms with Gasteiger partial charge in [0.05, 0.1) is 12.3 Å². The Bertz CT molecular complexity index is 388. The van der Waals surface area contributed by atoms with Gasteiger partial charge in [0, 0.05) is 13.1 Å². The first kappa shape index (κ1) is 12.3. The van der Waals surface area contributed by atoms with Crippen molar-refractivity contribution >= 4 is 22.0 Å². The van der Waals surface area contributed by atoms with E-state index in [1.165, 1.54) is 6.20 Å².